The van der Waals surface area contributed by atoms with Gasteiger partial charge in [-0.05, 0) is 30.5 Å². The Morgan fingerprint density at radius 3 is 2.94 bits per heavy atom. The van der Waals surface area contributed by atoms with Crippen LogP contribution in [-0.4, -0.2) is 25.0 Å². The lowest BCUT2D eigenvalue weighted by molar-refractivity contribution is 0.583. The summed E-state index contributed by atoms with van der Waals surface area (Å²) in [6, 6.07) is 0. The van der Waals surface area contributed by atoms with E-state index < -0.39 is 0 Å². The van der Waals surface area contributed by atoms with Gasteiger partial charge in [-0.3, -0.25) is 0 Å². The average Bonchev–Trinajstić information content (AvgIpc) is 2.70. The molecule has 2 aromatic heterocycles. The molecule has 5 nitrogen and oxygen atoms in total. The van der Waals surface area contributed by atoms with Gasteiger partial charge in [0.2, 0.25) is 5.28 Å². The van der Waals surface area contributed by atoms with Crippen LogP contribution in [0.2, 0.25) is 5.28 Å². The van der Waals surface area contributed by atoms with E-state index in [9.17, 15) is 0 Å². The van der Waals surface area contributed by atoms with Gasteiger partial charge < -0.3 is 0 Å². The number of aryl methyl sites for hydroxylation is 2. The van der Waals surface area contributed by atoms with Gasteiger partial charge >= 0.3 is 0 Å². The number of halogens is 1. The lowest BCUT2D eigenvalue weighted by atomic mass is 10.2. The van der Waals surface area contributed by atoms with Gasteiger partial charge in [0.1, 0.15) is 5.69 Å². The third-order valence-electron chi connectivity index (χ3n) is 2.24. The summed E-state index contributed by atoms with van der Waals surface area (Å²) < 4.78 is 1.83. The highest BCUT2D eigenvalue weighted by Crippen LogP contribution is 2.20. The Morgan fingerprint density at radius 1 is 1.38 bits per heavy atom. The van der Waals surface area contributed by atoms with Crippen molar-refractivity contribution in [2.24, 2.45) is 0 Å². The quantitative estimate of drug-likeness (QED) is 0.768. The number of rotatable bonds is 3. The van der Waals surface area contributed by atoms with Gasteiger partial charge in [-0.25, -0.2) is 14.6 Å². The zero-order valence-corrected chi connectivity index (χ0v) is 9.94. The predicted octanol–water partition coefficient (Wildman–Crippen LogP) is 2.11. The minimum atomic E-state index is 0.241. The Labute approximate surface area is 98.5 Å². The first-order chi connectivity index (χ1) is 7.72. The SMILES string of the molecule is CCCn1nncc1-c1nc(Cl)ncc1C. The molecule has 0 fully saturated rings. The highest BCUT2D eigenvalue weighted by molar-refractivity contribution is 6.28. The summed E-state index contributed by atoms with van der Waals surface area (Å²) in [5.41, 5.74) is 2.63. The van der Waals surface area contributed by atoms with Crippen molar-refractivity contribution < 1.29 is 0 Å². The molecule has 0 atom stereocenters. The molecule has 0 saturated heterocycles. The van der Waals surface area contributed by atoms with Crippen molar-refractivity contribution in [2.75, 3.05) is 0 Å². The first-order valence-electron chi connectivity index (χ1n) is 5.10. The highest BCUT2D eigenvalue weighted by Gasteiger charge is 2.11. The highest BCUT2D eigenvalue weighted by atomic mass is 35.5. The molecule has 16 heavy (non-hydrogen) atoms. The summed E-state index contributed by atoms with van der Waals surface area (Å²) in [7, 11) is 0. The minimum absolute atomic E-state index is 0.241. The van der Waals surface area contributed by atoms with E-state index >= 15 is 0 Å². The zero-order valence-electron chi connectivity index (χ0n) is 9.18. The summed E-state index contributed by atoms with van der Waals surface area (Å²) >= 11 is 5.79. The number of hydrogen-bond acceptors (Lipinski definition) is 4. The van der Waals surface area contributed by atoms with Crippen molar-refractivity contribution in [3.63, 3.8) is 0 Å². The summed E-state index contributed by atoms with van der Waals surface area (Å²) in [5, 5.41) is 8.15. The van der Waals surface area contributed by atoms with Gasteiger partial charge in [0.05, 0.1) is 11.9 Å². The predicted molar refractivity (Wildman–Crippen MR) is 61.1 cm³/mol. The molecule has 0 aliphatic heterocycles. The van der Waals surface area contributed by atoms with Gasteiger partial charge in [-0.2, -0.15) is 0 Å². The molecule has 2 rings (SSSR count). The second kappa shape index (κ2) is 4.57. The smallest absolute Gasteiger partial charge is 0.222 e. The molecular weight excluding hydrogens is 226 g/mol. The van der Waals surface area contributed by atoms with Crippen LogP contribution >= 0.6 is 11.6 Å². The Hall–Kier alpha value is -1.49. The van der Waals surface area contributed by atoms with Crippen molar-refractivity contribution in [2.45, 2.75) is 26.8 Å². The maximum Gasteiger partial charge on any atom is 0.222 e. The zero-order chi connectivity index (χ0) is 11.5. The Morgan fingerprint density at radius 2 is 2.19 bits per heavy atom. The van der Waals surface area contributed by atoms with Crippen LogP contribution in [-0.2, 0) is 6.54 Å². The molecule has 0 radical (unpaired) electrons. The van der Waals surface area contributed by atoms with Crippen molar-refractivity contribution >= 4 is 11.6 Å². The van der Waals surface area contributed by atoms with Gasteiger partial charge in [-0.1, -0.05) is 12.1 Å². The fraction of sp³-hybridized carbons (Fsp3) is 0.400. The van der Waals surface area contributed by atoms with Gasteiger partial charge in [0, 0.05) is 12.7 Å². The second-order valence-electron chi connectivity index (χ2n) is 3.51. The van der Waals surface area contributed by atoms with E-state index in [1.807, 2.05) is 11.6 Å². The molecule has 0 saturated carbocycles. The van der Waals surface area contributed by atoms with Crippen LogP contribution in [0.4, 0.5) is 0 Å². The molecule has 0 N–H and O–H groups in total. The second-order valence-corrected chi connectivity index (χ2v) is 3.85. The average molecular weight is 238 g/mol. The largest absolute Gasteiger partial charge is 0.243 e. The van der Waals surface area contributed by atoms with Gasteiger partial charge in [0.15, 0.2) is 0 Å². The van der Waals surface area contributed by atoms with E-state index in [4.69, 9.17) is 11.6 Å². The van der Waals surface area contributed by atoms with Gasteiger partial charge in [0.25, 0.3) is 0 Å². The molecule has 2 heterocycles. The molecule has 0 amide bonds. The summed E-state index contributed by atoms with van der Waals surface area (Å²) in [5.74, 6) is 0. The van der Waals surface area contributed by atoms with Crippen LogP contribution in [0, 0.1) is 6.92 Å². The number of nitrogens with zero attached hydrogens (tertiary/aromatic N) is 5. The van der Waals surface area contributed by atoms with E-state index in [-0.39, 0.29) is 5.28 Å². The molecule has 0 unspecified atom stereocenters. The normalized spacial score (nSPS) is 10.7. The lowest BCUT2D eigenvalue weighted by Crippen LogP contribution is -2.03. The molecule has 0 aliphatic rings. The molecule has 84 valence electrons. The first kappa shape index (κ1) is 11.0. The van der Waals surface area contributed by atoms with Crippen LogP contribution in [0.5, 0.6) is 0 Å². The summed E-state index contributed by atoms with van der Waals surface area (Å²) in [6.45, 7) is 4.84. The van der Waals surface area contributed by atoms with E-state index in [1.54, 1.807) is 12.4 Å². The molecule has 0 aromatic carbocycles. The molecule has 0 aliphatic carbocycles. The molecule has 6 heteroatoms. The maximum atomic E-state index is 5.79. The molecule has 2 aromatic rings. The topological polar surface area (TPSA) is 56.5 Å². The minimum Gasteiger partial charge on any atom is -0.243 e. The number of aromatic nitrogens is 5. The first-order valence-corrected chi connectivity index (χ1v) is 5.48. The number of hydrogen-bond donors (Lipinski definition) is 0. The third-order valence-corrected chi connectivity index (χ3v) is 2.42. The van der Waals surface area contributed by atoms with Gasteiger partial charge in [-0.15, -0.1) is 5.10 Å². The Bertz CT molecular complexity index is 494. The van der Waals surface area contributed by atoms with Crippen LogP contribution in [0.15, 0.2) is 12.4 Å². The van der Waals surface area contributed by atoms with Crippen molar-refractivity contribution in [1.29, 1.82) is 0 Å². The van der Waals surface area contributed by atoms with Crippen LogP contribution in [0.1, 0.15) is 18.9 Å². The van der Waals surface area contributed by atoms with Crippen LogP contribution in [0.3, 0.4) is 0 Å². The van der Waals surface area contributed by atoms with E-state index in [0.29, 0.717) is 0 Å². The monoisotopic (exact) mass is 237 g/mol. The van der Waals surface area contributed by atoms with Crippen LogP contribution < -0.4 is 0 Å². The molecule has 0 spiro atoms. The van der Waals surface area contributed by atoms with Crippen molar-refractivity contribution in [3.05, 3.63) is 23.2 Å². The Kier molecular flexibility index (Phi) is 3.14. The molecular formula is C10H12ClN5. The van der Waals surface area contributed by atoms with E-state index in [1.165, 1.54) is 0 Å². The third kappa shape index (κ3) is 2.04. The molecule has 0 bridgehead atoms. The Balaban J connectivity index is 2.49. The fourth-order valence-electron chi connectivity index (χ4n) is 1.50. The standard InChI is InChI=1S/C10H12ClN5/c1-3-4-16-8(6-13-15-16)9-7(2)5-12-10(11)14-9/h5-6H,3-4H2,1-2H3. The summed E-state index contributed by atoms with van der Waals surface area (Å²) in [6.07, 6.45) is 4.39. The van der Waals surface area contributed by atoms with E-state index in [2.05, 4.69) is 27.2 Å². The maximum absolute atomic E-state index is 5.79. The van der Waals surface area contributed by atoms with Crippen molar-refractivity contribution in [3.8, 4) is 11.4 Å². The lowest BCUT2D eigenvalue weighted by Gasteiger charge is -2.06. The fourth-order valence-corrected chi connectivity index (χ4v) is 1.63. The van der Waals surface area contributed by atoms with E-state index in [0.717, 1.165) is 29.9 Å². The van der Waals surface area contributed by atoms with Crippen LogP contribution in [0.25, 0.3) is 11.4 Å². The van der Waals surface area contributed by atoms with Crippen molar-refractivity contribution in [1.82, 2.24) is 25.0 Å². The summed E-state index contributed by atoms with van der Waals surface area (Å²) in [4.78, 5) is 8.14.